The zero-order valence-corrected chi connectivity index (χ0v) is 19.1. The van der Waals surface area contributed by atoms with Crippen LogP contribution < -0.4 is 9.64 Å². The average Bonchev–Trinajstić information content (AvgIpc) is 3.26. The summed E-state index contributed by atoms with van der Waals surface area (Å²) in [6, 6.07) is 7.93. The van der Waals surface area contributed by atoms with Gasteiger partial charge in [-0.05, 0) is 61.9 Å². The van der Waals surface area contributed by atoms with E-state index in [4.69, 9.17) is 9.72 Å². The van der Waals surface area contributed by atoms with E-state index in [1.54, 1.807) is 12.4 Å². The van der Waals surface area contributed by atoms with Crippen LogP contribution in [0.25, 0.3) is 21.6 Å². The Kier molecular flexibility index (Phi) is 5.94. The second-order valence-corrected chi connectivity index (χ2v) is 9.07. The Morgan fingerprint density at radius 2 is 1.81 bits per heavy atom. The largest absolute Gasteiger partial charge is 0.467 e. The first-order valence-electron chi connectivity index (χ1n) is 11.1. The van der Waals surface area contributed by atoms with Crippen LogP contribution in [0, 0.1) is 5.92 Å². The fourth-order valence-electron chi connectivity index (χ4n) is 4.05. The number of ether oxygens (including phenoxy) is 1. The molecule has 1 aliphatic heterocycles. The smallest absolute Gasteiger partial charge is 0.276 e. The zero-order chi connectivity index (χ0) is 21.9. The minimum atomic E-state index is 0.0979. The summed E-state index contributed by atoms with van der Waals surface area (Å²) in [5, 5.41) is 0.688. The molecule has 0 aromatic carbocycles. The second-order valence-electron chi connectivity index (χ2n) is 8.13. The van der Waals surface area contributed by atoms with Gasteiger partial charge in [0.05, 0.1) is 5.69 Å². The van der Waals surface area contributed by atoms with Crippen molar-refractivity contribution in [3.63, 3.8) is 0 Å². The first-order valence-corrected chi connectivity index (χ1v) is 11.9. The maximum atomic E-state index is 6.26. The molecule has 0 N–H and O–H groups in total. The Morgan fingerprint density at radius 3 is 2.53 bits per heavy atom. The standard InChI is InChI=1S/C24H26N6OS/c1-3-17-14-26-23(27-15-17)30-12-8-18(9-13-30)16(2)31-24-29-21-5-4-20(28-22(21)32-24)19-6-10-25-11-7-19/h4-7,10-11,14-16,18H,3,8-9,12-13H2,1-2H3. The van der Waals surface area contributed by atoms with Crippen molar-refractivity contribution in [2.45, 2.75) is 39.2 Å². The first-order chi connectivity index (χ1) is 15.7. The Balaban J connectivity index is 1.21. The van der Waals surface area contributed by atoms with Gasteiger partial charge in [-0.15, -0.1) is 0 Å². The van der Waals surface area contributed by atoms with E-state index in [1.807, 2.05) is 36.7 Å². The monoisotopic (exact) mass is 446 g/mol. The van der Waals surface area contributed by atoms with E-state index in [1.165, 1.54) is 16.9 Å². The lowest BCUT2D eigenvalue weighted by Crippen LogP contribution is -2.39. The molecule has 0 radical (unpaired) electrons. The van der Waals surface area contributed by atoms with Gasteiger partial charge in [-0.1, -0.05) is 18.3 Å². The molecule has 0 saturated carbocycles. The summed E-state index contributed by atoms with van der Waals surface area (Å²) < 4.78 is 6.26. The van der Waals surface area contributed by atoms with Crippen LogP contribution in [0.3, 0.4) is 0 Å². The van der Waals surface area contributed by atoms with Crippen molar-refractivity contribution >= 4 is 27.6 Å². The van der Waals surface area contributed by atoms with Crippen LogP contribution in [0.2, 0.25) is 0 Å². The Bertz CT molecular complexity index is 1170. The summed E-state index contributed by atoms with van der Waals surface area (Å²) in [4.78, 5) is 25.7. The minimum Gasteiger partial charge on any atom is -0.467 e. The van der Waals surface area contributed by atoms with Crippen molar-refractivity contribution < 1.29 is 4.74 Å². The quantitative estimate of drug-likeness (QED) is 0.421. The summed E-state index contributed by atoms with van der Waals surface area (Å²) >= 11 is 1.51. The molecule has 0 amide bonds. The number of nitrogens with zero attached hydrogens (tertiary/aromatic N) is 6. The molecule has 0 aliphatic carbocycles. The van der Waals surface area contributed by atoms with Crippen molar-refractivity contribution in [3.8, 4) is 16.5 Å². The number of hydrogen-bond donors (Lipinski definition) is 0. The Labute approximate surface area is 191 Å². The van der Waals surface area contributed by atoms with Gasteiger partial charge in [0.15, 0.2) is 0 Å². The Morgan fingerprint density at radius 1 is 1.06 bits per heavy atom. The van der Waals surface area contributed by atoms with Gasteiger partial charge < -0.3 is 9.64 Å². The van der Waals surface area contributed by atoms with Crippen LogP contribution >= 0.6 is 11.3 Å². The number of anilines is 1. The fourth-order valence-corrected chi connectivity index (χ4v) is 4.92. The number of hydrogen-bond acceptors (Lipinski definition) is 8. The summed E-state index contributed by atoms with van der Waals surface area (Å²) in [5.41, 5.74) is 4.01. The Hall–Kier alpha value is -3.13. The molecule has 1 aliphatic rings. The predicted octanol–water partition coefficient (Wildman–Crippen LogP) is 4.79. The molecule has 1 atom stereocenters. The third-order valence-electron chi connectivity index (χ3n) is 6.08. The van der Waals surface area contributed by atoms with Gasteiger partial charge in [-0.2, -0.15) is 0 Å². The molecule has 164 valence electrons. The van der Waals surface area contributed by atoms with Crippen LogP contribution in [0.4, 0.5) is 5.95 Å². The van der Waals surface area contributed by atoms with Gasteiger partial charge >= 0.3 is 0 Å². The number of piperidine rings is 1. The van der Waals surface area contributed by atoms with Gasteiger partial charge in [-0.3, -0.25) is 4.98 Å². The van der Waals surface area contributed by atoms with Crippen LogP contribution in [0.5, 0.6) is 5.19 Å². The molecule has 5 rings (SSSR count). The minimum absolute atomic E-state index is 0.0979. The van der Waals surface area contributed by atoms with Crippen molar-refractivity contribution in [2.75, 3.05) is 18.0 Å². The normalized spacial score (nSPS) is 15.8. The van der Waals surface area contributed by atoms with Crippen molar-refractivity contribution in [1.82, 2.24) is 24.9 Å². The van der Waals surface area contributed by atoms with Crippen LogP contribution in [-0.2, 0) is 6.42 Å². The van der Waals surface area contributed by atoms with E-state index in [9.17, 15) is 0 Å². The molecule has 0 spiro atoms. The third-order valence-corrected chi connectivity index (χ3v) is 6.94. The van der Waals surface area contributed by atoms with E-state index in [0.29, 0.717) is 11.1 Å². The third kappa shape index (κ3) is 4.41. The topological polar surface area (TPSA) is 76.9 Å². The number of aromatic nitrogens is 5. The summed E-state index contributed by atoms with van der Waals surface area (Å²) in [6.45, 7) is 6.16. The highest BCUT2D eigenvalue weighted by molar-refractivity contribution is 7.19. The van der Waals surface area contributed by atoms with Crippen molar-refractivity contribution in [3.05, 3.63) is 54.6 Å². The van der Waals surface area contributed by atoms with Gasteiger partial charge in [0.25, 0.3) is 5.19 Å². The summed E-state index contributed by atoms with van der Waals surface area (Å²) in [7, 11) is 0. The van der Waals surface area contributed by atoms with E-state index in [2.05, 4.69) is 38.7 Å². The van der Waals surface area contributed by atoms with Crippen LogP contribution in [0.1, 0.15) is 32.3 Å². The SMILES string of the molecule is CCc1cnc(N2CCC(C(C)Oc3nc4ccc(-c5ccncc5)nc4s3)CC2)nc1. The highest BCUT2D eigenvalue weighted by atomic mass is 32.1. The molecular formula is C24H26N6OS. The molecule has 1 fully saturated rings. The van der Waals surface area contributed by atoms with E-state index >= 15 is 0 Å². The number of aryl methyl sites for hydroxylation is 1. The van der Waals surface area contributed by atoms with E-state index in [0.717, 1.165) is 59.9 Å². The fraction of sp³-hybridized carbons (Fsp3) is 0.375. The number of rotatable bonds is 6. The van der Waals surface area contributed by atoms with Crippen LogP contribution in [0.15, 0.2) is 49.1 Å². The molecule has 32 heavy (non-hydrogen) atoms. The maximum Gasteiger partial charge on any atom is 0.276 e. The van der Waals surface area contributed by atoms with E-state index in [-0.39, 0.29) is 6.10 Å². The maximum absolute atomic E-state index is 6.26. The van der Waals surface area contributed by atoms with Gasteiger partial charge in [0, 0.05) is 43.4 Å². The van der Waals surface area contributed by atoms with Gasteiger partial charge in [0.2, 0.25) is 5.95 Å². The molecule has 4 aromatic heterocycles. The lowest BCUT2D eigenvalue weighted by atomic mass is 9.92. The molecule has 5 heterocycles. The summed E-state index contributed by atoms with van der Waals surface area (Å²) in [5.74, 6) is 1.31. The molecule has 1 unspecified atom stereocenters. The van der Waals surface area contributed by atoms with Crippen LogP contribution in [-0.4, -0.2) is 44.1 Å². The van der Waals surface area contributed by atoms with Gasteiger partial charge in [0.1, 0.15) is 16.5 Å². The predicted molar refractivity (Wildman–Crippen MR) is 127 cm³/mol. The average molecular weight is 447 g/mol. The highest BCUT2D eigenvalue weighted by Crippen LogP contribution is 2.32. The molecule has 1 saturated heterocycles. The molecule has 8 heteroatoms. The van der Waals surface area contributed by atoms with Crippen molar-refractivity contribution in [1.29, 1.82) is 0 Å². The lowest BCUT2D eigenvalue weighted by Gasteiger charge is -2.34. The molecule has 4 aromatic rings. The van der Waals surface area contributed by atoms with Crippen molar-refractivity contribution in [2.24, 2.45) is 5.92 Å². The van der Waals surface area contributed by atoms with Gasteiger partial charge in [-0.25, -0.2) is 19.9 Å². The second kappa shape index (κ2) is 9.16. The number of pyridine rings is 2. The molecule has 7 nitrogen and oxygen atoms in total. The molecular weight excluding hydrogens is 420 g/mol. The lowest BCUT2D eigenvalue weighted by molar-refractivity contribution is 0.132. The summed E-state index contributed by atoms with van der Waals surface area (Å²) in [6.07, 6.45) is 10.6. The molecule has 0 bridgehead atoms. The first kappa shape index (κ1) is 20.8. The number of fused-ring (bicyclic) bond motifs is 1. The highest BCUT2D eigenvalue weighted by Gasteiger charge is 2.27. The number of thiazole rings is 1. The van der Waals surface area contributed by atoms with E-state index < -0.39 is 0 Å². The zero-order valence-electron chi connectivity index (χ0n) is 18.3.